The van der Waals surface area contributed by atoms with Crippen LogP contribution < -0.4 is 15.2 Å². The summed E-state index contributed by atoms with van der Waals surface area (Å²) in [5, 5.41) is 0. The Morgan fingerprint density at radius 1 is 1.14 bits per heavy atom. The van der Waals surface area contributed by atoms with Crippen LogP contribution in [0.15, 0.2) is 53.7 Å². The van der Waals surface area contributed by atoms with Gasteiger partial charge in [-0.25, -0.2) is 15.0 Å². The van der Waals surface area contributed by atoms with Crippen molar-refractivity contribution in [2.24, 2.45) is 5.41 Å². The molecule has 0 saturated carbocycles. The summed E-state index contributed by atoms with van der Waals surface area (Å²) in [5.74, 6) is 1.55. The van der Waals surface area contributed by atoms with Crippen molar-refractivity contribution < 1.29 is 4.74 Å². The molecule has 0 radical (unpaired) electrons. The lowest BCUT2D eigenvalue weighted by atomic mass is 9.91. The van der Waals surface area contributed by atoms with E-state index >= 15 is 0 Å². The Kier molecular flexibility index (Phi) is 5.05. The molecule has 0 atom stereocenters. The van der Waals surface area contributed by atoms with E-state index < -0.39 is 0 Å². The molecule has 0 amide bonds. The summed E-state index contributed by atoms with van der Waals surface area (Å²) in [4.78, 5) is 28.1. The smallest absolute Gasteiger partial charge is 0.255 e. The van der Waals surface area contributed by atoms with Gasteiger partial charge in [0.05, 0.1) is 18.5 Å². The summed E-state index contributed by atoms with van der Waals surface area (Å²) < 4.78 is 7.11. The summed E-state index contributed by atoms with van der Waals surface area (Å²) in [7, 11) is 1.67. The predicted molar refractivity (Wildman–Crippen MR) is 112 cm³/mol. The van der Waals surface area contributed by atoms with E-state index in [1.54, 1.807) is 30.0 Å². The van der Waals surface area contributed by atoms with Gasteiger partial charge in [0.15, 0.2) is 0 Å². The van der Waals surface area contributed by atoms with Crippen LogP contribution in [0.5, 0.6) is 5.75 Å². The number of methoxy groups -OCH3 is 1. The molecule has 2 aromatic heterocycles. The Bertz CT molecular complexity index is 1060. The number of aromatic nitrogens is 4. The molecule has 1 aromatic carbocycles. The predicted octanol–water partition coefficient (Wildman–Crippen LogP) is 2.80. The van der Waals surface area contributed by atoms with Gasteiger partial charge in [0.25, 0.3) is 5.56 Å². The number of nitrogens with zero attached hydrogens (tertiary/aromatic N) is 5. The molecule has 0 unspecified atom stereocenters. The van der Waals surface area contributed by atoms with Gasteiger partial charge in [-0.2, -0.15) is 0 Å². The van der Waals surface area contributed by atoms with E-state index in [-0.39, 0.29) is 11.0 Å². The fourth-order valence-corrected chi connectivity index (χ4v) is 3.79. The van der Waals surface area contributed by atoms with Gasteiger partial charge in [0.2, 0.25) is 5.95 Å². The Labute approximate surface area is 170 Å². The zero-order valence-electron chi connectivity index (χ0n) is 17.0. The molecule has 7 heteroatoms. The number of rotatable bonds is 5. The molecule has 3 heterocycles. The van der Waals surface area contributed by atoms with Crippen LogP contribution in [0.25, 0.3) is 11.4 Å². The van der Waals surface area contributed by atoms with Crippen LogP contribution in [0.1, 0.15) is 19.4 Å². The summed E-state index contributed by atoms with van der Waals surface area (Å²) in [5.41, 5.74) is 2.34. The molecular weight excluding hydrogens is 366 g/mol. The molecule has 150 valence electrons. The molecular formula is C22H25N5O2. The molecule has 0 aliphatic carbocycles. The van der Waals surface area contributed by atoms with Crippen LogP contribution in [0.4, 0.5) is 5.95 Å². The first-order valence-electron chi connectivity index (χ1n) is 9.71. The van der Waals surface area contributed by atoms with E-state index in [1.807, 2.05) is 18.2 Å². The Morgan fingerprint density at radius 3 is 2.76 bits per heavy atom. The first-order valence-corrected chi connectivity index (χ1v) is 9.71. The number of anilines is 1. The van der Waals surface area contributed by atoms with Crippen LogP contribution in [-0.4, -0.2) is 39.7 Å². The quantitative estimate of drug-likeness (QED) is 0.666. The van der Waals surface area contributed by atoms with Crippen molar-refractivity contribution in [3.63, 3.8) is 0 Å². The Balaban J connectivity index is 1.68. The van der Waals surface area contributed by atoms with Crippen LogP contribution in [0.3, 0.4) is 0 Å². The highest BCUT2D eigenvalue weighted by molar-refractivity contribution is 5.55. The van der Waals surface area contributed by atoms with Gasteiger partial charge in [-0.3, -0.25) is 9.36 Å². The Hall–Kier alpha value is -3.22. The van der Waals surface area contributed by atoms with Gasteiger partial charge >= 0.3 is 0 Å². The van der Waals surface area contributed by atoms with E-state index in [0.29, 0.717) is 23.9 Å². The summed E-state index contributed by atoms with van der Waals surface area (Å²) in [6.45, 7) is 6.60. The standard InChI is InChI=1S/C22H25N5O2/c1-22(2)13-26(10-8-16-5-4-6-17(11-16)29-3)21-25-19(12-20(28)27(21)14-22)18-7-9-23-15-24-18/h4-7,9,11-12,15H,8,10,13-14H2,1-3H3. The SMILES string of the molecule is COc1cccc(CCN2CC(C)(C)Cn3c2nc(-c2ccncn2)cc3=O)c1. The van der Waals surface area contributed by atoms with Crippen molar-refractivity contribution in [3.8, 4) is 17.1 Å². The van der Waals surface area contributed by atoms with E-state index in [1.165, 1.54) is 11.9 Å². The zero-order valence-corrected chi connectivity index (χ0v) is 17.0. The highest BCUT2D eigenvalue weighted by Gasteiger charge is 2.32. The van der Waals surface area contributed by atoms with Gasteiger partial charge in [-0.1, -0.05) is 26.0 Å². The van der Waals surface area contributed by atoms with Crippen molar-refractivity contribution in [2.45, 2.75) is 26.8 Å². The van der Waals surface area contributed by atoms with Crippen molar-refractivity contribution in [2.75, 3.05) is 25.1 Å². The molecule has 1 aliphatic heterocycles. The molecule has 1 aliphatic rings. The van der Waals surface area contributed by atoms with Gasteiger partial charge in [0, 0.05) is 37.3 Å². The topological polar surface area (TPSA) is 73.1 Å². The van der Waals surface area contributed by atoms with E-state index in [9.17, 15) is 4.79 Å². The molecule has 29 heavy (non-hydrogen) atoms. The van der Waals surface area contributed by atoms with Gasteiger partial charge in [0.1, 0.15) is 12.1 Å². The second-order valence-corrected chi connectivity index (χ2v) is 8.15. The van der Waals surface area contributed by atoms with Crippen molar-refractivity contribution in [1.29, 1.82) is 0 Å². The van der Waals surface area contributed by atoms with Gasteiger partial charge in [-0.15, -0.1) is 0 Å². The zero-order chi connectivity index (χ0) is 20.4. The number of hydrogen-bond acceptors (Lipinski definition) is 6. The maximum Gasteiger partial charge on any atom is 0.255 e. The minimum Gasteiger partial charge on any atom is -0.497 e. The summed E-state index contributed by atoms with van der Waals surface area (Å²) in [6, 6.07) is 11.4. The maximum absolute atomic E-state index is 12.9. The maximum atomic E-state index is 12.9. The lowest BCUT2D eigenvalue weighted by Gasteiger charge is -2.40. The average Bonchev–Trinajstić information content (AvgIpc) is 2.73. The average molecular weight is 391 g/mol. The molecule has 4 rings (SSSR count). The van der Waals surface area contributed by atoms with E-state index in [0.717, 1.165) is 25.3 Å². The normalized spacial score (nSPS) is 15.1. The lowest BCUT2D eigenvalue weighted by Crippen LogP contribution is -2.48. The number of benzene rings is 1. The van der Waals surface area contributed by atoms with E-state index in [2.05, 4.69) is 34.8 Å². The monoisotopic (exact) mass is 391 g/mol. The molecule has 0 N–H and O–H groups in total. The highest BCUT2D eigenvalue weighted by Crippen LogP contribution is 2.30. The molecule has 0 spiro atoms. The third-order valence-electron chi connectivity index (χ3n) is 5.12. The van der Waals surface area contributed by atoms with Crippen LogP contribution in [0, 0.1) is 5.41 Å². The van der Waals surface area contributed by atoms with E-state index in [4.69, 9.17) is 9.72 Å². The van der Waals surface area contributed by atoms with Crippen LogP contribution >= 0.6 is 0 Å². The van der Waals surface area contributed by atoms with Crippen molar-refractivity contribution >= 4 is 5.95 Å². The molecule has 0 fully saturated rings. The first kappa shape index (κ1) is 19.1. The van der Waals surface area contributed by atoms with Gasteiger partial charge < -0.3 is 9.64 Å². The third kappa shape index (κ3) is 4.13. The first-order chi connectivity index (χ1) is 13.9. The van der Waals surface area contributed by atoms with Crippen molar-refractivity contribution in [1.82, 2.24) is 19.5 Å². The second-order valence-electron chi connectivity index (χ2n) is 8.15. The second kappa shape index (κ2) is 7.66. The van der Waals surface area contributed by atoms with Crippen molar-refractivity contribution in [3.05, 3.63) is 64.8 Å². The molecule has 3 aromatic rings. The fourth-order valence-electron chi connectivity index (χ4n) is 3.79. The third-order valence-corrected chi connectivity index (χ3v) is 5.12. The Morgan fingerprint density at radius 2 is 2.00 bits per heavy atom. The number of ether oxygens (including phenoxy) is 1. The minimum atomic E-state index is -0.0530. The van der Waals surface area contributed by atoms with Crippen LogP contribution in [0.2, 0.25) is 0 Å². The molecule has 0 bridgehead atoms. The largest absolute Gasteiger partial charge is 0.497 e. The highest BCUT2D eigenvalue weighted by atomic mass is 16.5. The fraction of sp³-hybridized carbons (Fsp3) is 0.364. The van der Waals surface area contributed by atoms with Gasteiger partial charge in [-0.05, 0) is 30.2 Å². The lowest BCUT2D eigenvalue weighted by molar-refractivity contribution is 0.274. The molecule has 0 saturated heterocycles. The summed E-state index contributed by atoms with van der Waals surface area (Å²) in [6.07, 6.45) is 3.96. The number of hydrogen-bond donors (Lipinski definition) is 0. The minimum absolute atomic E-state index is 0.0245. The number of fused-ring (bicyclic) bond motifs is 1. The summed E-state index contributed by atoms with van der Waals surface area (Å²) >= 11 is 0. The molecule has 7 nitrogen and oxygen atoms in total. The van der Waals surface area contributed by atoms with Crippen LogP contribution in [-0.2, 0) is 13.0 Å².